The van der Waals surface area contributed by atoms with E-state index in [1.54, 1.807) is 31.2 Å². The molecule has 1 atom stereocenters. The van der Waals surface area contributed by atoms with Gasteiger partial charge in [0.1, 0.15) is 19.0 Å². The highest BCUT2D eigenvalue weighted by atomic mass is 19.3. The van der Waals surface area contributed by atoms with Crippen molar-refractivity contribution in [2.75, 3.05) is 44.8 Å². The van der Waals surface area contributed by atoms with Gasteiger partial charge in [-0.1, -0.05) is 19.1 Å². The number of carboxylic acids is 1. The minimum absolute atomic E-state index is 0.0144. The van der Waals surface area contributed by atoms with E-state index in [1.807, 2.05) is 0 Å². The number of benzene rings is 2. The van der Waals surface area contributed by atoms with Crippen molar-refractivity contribution < 1.29 is 46.5 Å². The number of anilines is 1. The molecule has 0 aliphatic heterocycles. The zero-order valence-corrected chi connectivity index (χ0v) is 21.2. The molecule has 0 heterocycles. The molecule has 2 N–H and O–H groups in total. The van der Waals surface area contributed by atoms with E-state index in [2.05, 4.69) is 5.32 Å². The second-order valence-corrected chi connectivity index (χ2v) is 8.29. The average molecular weight is 545 g/mol. The van der Waals surface area contributed by atoms with Gasteiger partial charge in [0.15, 0.2) is 17.7 Å². The average Bonchev–Trinajstić information content (AvgIpc) is 2.88. The Kier molecular flexibility index (Phi) is 12.3. The van der Waals surface area contributed by atoms with E-state index >= 15 is 0 Å². The summed E-state index contributed by atoms with van der Waals surface area (Å²) in [6.45, 7) is 2.31. The molecule has 210 valence electrons. The minimum Gasteiger partial charge on any atom is -0.492 e. The number of halogens is 4. The predicted octanol–water partition coefficient (Wildman–Crippen LogP) is 4.97. The molecule has 0 bridgehead atoms. The topological polar surface area (TPSA) is 97.3 Å². The number of amides is 2. The van der Waals surface area contributed by atoms with Crippen LogP contribution in [0.25, 0.3) is 0 Å². The fraction of sp³-hybridized carbons (Fsp3) is 0.462. The Bertz CT molecular complexity index is 1040. The minimum atomic E-state index is -2.98. The first-order valence-electron chi connectivity index (χ1n) is 12.1. The Balaban J connectivity index is 1.96. The molecule has 12 heteroatoms. The Morgan fingerprint density at radius 3 is 2.32 bits per heavy atom. The van der Waals surface area contributed by atoms with Gasteiger partial charge in [0.05, 0.1) is 13.2 Å². The van der Waals surface area contributed by atoms with Crippen LogP contribution in [0.4, 0.5) is 28.0 Å². The van der Waals surface area contributed by atoms with E-state index in [0.717, 1.165) is 17.7 Å². The molecular formula is C26H32F4N2O6. The van der Waals surface area contributed by atoms with Crippen LogP contribution in [-0.2, 0) is 20.7 Å². The van der Waals surface area contributed by atoms with E-state index in [4.69, 9.17) is 14.2 Å². The number of aliphatic carboxylic acids is 1. The van der Waals surface area contributed by atoms with Gasteiger partial charge < -0.3 is 29.5 Å². The van der Waals surface area contributed by atoms with Crippen LogP contribution in [0, 0.1) is 11.6 Å². The van der Waals surface area contributed by atoms with Crippen LogP contribution >= 0.6 is 0 Å². The lowest BCUT2D eigenvalue weighted by atomic mass is 10.1. The summed E-state index contributed by atoms with van der Waals surface area (Å²) in [6.07, 6.45) is -1.17. The molecule has 0 saturated carbocycles. The Labute approximate surface area is 218 Å². The number of carbonyl (C=O) groups is 2. The molecule has 0 aliphatic rings. The van der Waals surface area contributed by atoms with Crippen molar-refractivity contribution in [2.45, 2.75) is 38.7 Å². The van der Waals surface area contributed by atoms with Crippen LogP contribution in [0.5, 0.6) is 5.75 Å². The second kappa shape index (κ2) is 15.1. The van der Waals surface area contributed by atoms with E-state index < -0.39 is 42.3 Å². The normalized spacial score (nSPS) is 12.2. The molecule has 0 fully saturated rings. The summed E-state index contributed by atoms with van der Waals surface area (Å²) >= 11 is 0. The summed E-state index contributed by atoms with van der Waals surface area (Å²) in [7, 11) is 0. The van der Waals surface area contributed by atoms with E-state index in [-0.39, 0.29) is 51.4 Å². The highest BCUT2D eigenvalue weighted by molar-refractivity contribution is 5.89. The number of nitrogens with one attached hydrogen (secondary N) is 1. The number of urea groups is 1. The molecule has 38 heavy (non-hydrogen) atoms. The van der Waals surface area contributed by atoms with Crippen molar-refractivity contribution in [3.05, 3.63) is 59.7 Å². The lowest BCUT2D eigenvalue weighted by molar-refractivity contribution is -0.149. The molecule has 0 radical (unpaired) electrons. The van der Waals surface area contributed by atoms with Crippen LogP contribution in [-0.4, -0.2) is 73.6 Å². The van der Waals surface area contributed by atoms with Crippen LogP contribution in [0.1, 0.15) is 25.8 Å². The summed E-state index contributed by atoms with van der Waals surface area (Å²) in [5.41, 5.74) is 0.743. The summed E-state index contributed by atoms with van der Waals surface area (Å²) < 4.78 is 69.4. The van der Waals surface area contributed by atoms with Crippen molar-refractivity contribution >= 4 is 17.7 Å². The van der Waals surface area contributed by atoms with Crippen LogP contribution in [0.15, 0.2) is 42.5 Å². The van der Waals surface area contributed by atoms with Gasteiger partial charge >= 0.3 is 12.0 Å². The van der Waals surface area contributed by atoms with Gasteiger partial charge in [0.2, 0.25) is 0 Å². The molecule has 0 spiro atoms. The van der Waals surface area contributed by atoms with Gasteiger partial charge in [-0.3, -0.25) is 0 Å². The van der Waals surface area contributed by atoms with Gasteiger partial charge in [-0.2, -0.15) is 0 Å². The lowest BCUT2D eigenvalue weighted by Gasteiger charge is -2.24. The van der Waals surface area contributed by atoms with Gasteiger partial charge in [-0.15, -0.1) is 0 Å². The first-order chi connectivity index (χ1) is 18.0. The van der Waals surface area contributed by atoms with Gasteiger partial charge in [0.25, 0.3) is 5.92 Å². The van der Waals surface area contributed by atoms with Crippen molar-refractivity contribution in [2.24, 2.45) is 0 Å². The van der Waals surface area contributed by atoms with Gasteiger partial charge in [-0.25, -0.2) is 27.2 Å². The molecular weight excluding hydrogens is 512 g/mol. The smallest absolute Gasteiger partial charge is 0.333 e. The molecule has 2 aromatic rings. The standard InChI is InChI=1S/C26H32F4N2O6/c1-3-26(29,30)17-36-13-11-32(25(35)31-19-7-10-21(27)22(28)16-19)12-14-38-20-8-5-18(6-9-20)15-23(24(33)34)37-4-2/h5-10,16,23H,3-4,11-15,17H2,1-2H3,(H,31,35)(H,33,34). The fourth-order valence-electron chi connectivity index (χ4n) is 3.22. The van der Waals surface area contributed by atoms with E-state index in [9.17, 15) is 32.3 Å². The fourth-order valence-corrected chi connectivity index (χ4v) is 3.22. The Hall–Kier alpha value is -3.38. The number of alkyl halides is 2. The number of rotatable bonds is 16. The molecule has 0 saturated heterocycles. The first kappa shape index (κ1) is 30.8. The third kappa shape index (κ3) is 10.5. The maximum atomic E-state index is 13.5. The predicted molar refractivity (Wildman–Crippen MR) is 132 cm³/mol. The third-order valence-electron chi connectivity index (χ3n) is 5.41. The highest BCUT2D eigenvalue weighted by Crippen LogP contribution is 2.18. The number of ether oxygens (including phenoxy) is 3. The molecule has 2 amide bonds. The lowest BCUT2D eigenvalue weighted by Crippen LogP contribution is -2.40. The van der Waals surface area contributed by atoms with Crippen molar-refractivity contribution in [1.29, 1.82) is 0 Å². The number of nitrogens with zero attached hydrogens (tertiary/aromatic N) is 1. The number of hydrogen-bond donors (Lipinski definition) is 2. The van der Waals surface area contributed by atoms with Crippen molar-refractivity contribution in [1.82, 2.24) is 4.90 Å². The largest absolute Gasteiger partial charge is 0.492 e. The van der Waals surface area contributed by atoms with Gasteiger partial charge in [-0.05, 0) is 36.8 Å². The third-order valence-corrected chi connectivity index (χ3v) is 5.41. The summed E-state index contributed by atoms with van der Waals surface area (Å²) in [5.74, 6) is -5.79. The van der Waals surface area contributed by atoms with Crippen LogP contribution in [0.3, 0.4) is 0 Å². The molecule has 2 rings (SSSR count). The second-order valence-electron chi connectivity index (χ2n) is 8.29. The first-order valence-corrected chi connectivity index (χ1v) is 12.1. The van der Waals surface area contributed by atoms with Crippen LogP contribution in [0.2, 0.25) is 0 Å². The monoisotopic (exact) mass is 544 g/mol. The van der Waals surface area contributed by atoms with E-state index in [0.29, 0.717) is 5.75 Å². The summed E-state index contributed by atoms with van der Waals surface area (Å²) in [5, 5.41) is 11.6. The highest BCUT2D eigenvalue weighted by Gasteiger charge is 2.26. The molecule has 1 unspecified atom stereocenters. The van der Waals surface area contributed by atoms with Crippen molar-refractivity contribution in [3.8, 4) is 5.75 Å². The Morgan fingerprint density at radius 1 is 1.03 bits per heavy atom. The molecule has 8 nitrogen and oxygen atoms in total. The Morgan fingerprint density at radius 2 is 1.71 bits per heavy atom. The van der Waals surface area contributed by atoms with Gasteiger partial charge in [0, 0.05) is 37.7 Å². The zero-order valence-electron chi connectivity index (χ0n) is 21.2. The number of carbonyl (C=O) groups excluding carboxylic acids is 1. The number of carboxylic acid groups (broad SMARTS) is 1. The summed E-state index contributed by atoms with van der Waals surface area (Å²) in [4.78, 5) is 25.2. The maximum absolute atomic E-state index is 13.5. The van der Waals surface area contributed by atoms with Crippen LogP contribution < -0.4 is 10.1 Å². The maximum Gasteiger partial charge on any atom is 0.333 e. The molecule has 0 aliphatic carbocycles. The summed E-state index contributed by atoms with van der Waals surface area (Å²) in [6, 6.07) is 8.86. The SMILES string of the molecule is CCOC(Cc1ccc(OCCN(CCOCC(F)(F)CC)C(=O)Nc2ccc(F)c(F)c2)cc1)C(=O)O. The quantitative estimate of drug-likeness (QED) is 0.229. The molecule has 0 aromatic heterocycles. The number of hydrogen-bond acceptors (Lipinski definition) is 5. The van der Waals surface area contributed by atoms with Crippen molar-refractivity contribution in [3.63, 3.8) is 0 Å². The molecule has 2 aromatic carbocycles. The zero-order chi connectivity index (χ0) is 28.1. The van der Waals surface area contributed by atoms with E-state index in [1.165, 1.54) is 17.9 Å².